The van der Waals surface area contributed by atoms with Crippen LogP contribution in [0.15, 0.2) is 18.2 Å². The van der Waals surface area contributed by atoms with Crippen molar-refractivity contribution in [3.05, 3.63) is 23.9 Å². The Kier molecular flexibility index (Phi) is 21.3. The number of hydrogen-bond acceptors (Lipinski definition) is 9. The van der Waals surface area contributed by atoms with Crippen molar-refractivity contribution >= 4 is 36.1 Å². The van der Waals surface area contributed by atoms with E-state index in [0.717, 1.165) is 0 Å². The summed E-state index contributed by atoms with van der Waals surface area (Å²) in [5.41, 5.74) is 0.250. The summed E-state index contributed by atoms with van der Waals surface area (Å²) in [6, 6.07) is 3.20. The van der Waals surface area contributed by atoms with E-state index >= 15 is 0 Å². The van der Waals surface area contributed by atoms with Crippen LogP contribution in [0.4, 0.5) is 10.5 Å². The maximum absolute atomic E-state index is 11.7. The van der Waals surface area contributed by atoms with Gasteiger partial charge in [-0.2, -0.15) is 0 Å². The van der Waals surface area contributed by atoms with Crippen molar-refractivity contribution in [1.82, 2.24) is 4.98 Å². The van der Waals surface area contributed by atoms with Gasteiger partial charge in [-0.1, -0.05) is 0 Å². The van der Waals surface area contributed by atoms with Crippen LogP contribution in [0, 0.1) is 0 Å². The molecule has 0 atom stereocenters. The number of carbonyl (C=O) groups excluding carboxylic acids is 4. The van der Waals surface area contributed by atoms with Gasteiger partial charge in [0.2, 0.25) is 12.3 Å². The van der Waals surface area contributed by atoms with Crippen LogP contribution in [0.1, 0.15) is 33.4 Å². The predicted octanol–water partition coefficient (Wildman–Crippen LogP) is -6.44. The van der Waals surface area contributed by atoms with E-state index in [-0.39, 0.29) is 156 Å². The van der Waals surface area contributed by atoms with Crippen molar-refractivity contribution in [3.8, 4) is 5.88 Å². The van der Waals surface area contributed by atoms with Gasteiger partial charge in [0.25, 0.3) is 0 Å². The Balaban J connectivity index is -0.00000111. The third kappa shape index (κ3) is 17.3. The number of aromatic nitrogens is 1. The Morgan fingerprint density at radius 2 is 1.70 bits per heavy atom. The molecular formula is C18H22Cs2N2O8. The molecule has 0 aliphatic heterocycles. The van der Waals surface area contributed by atoms with Gasteiger partial charge < -0.3 is 29.4 Å². The minimum atomic E-state index is -2.33. The van der Waals surface area contributed by atoms with E-state index in [9.17, 15) is 14.4 Å². The zero-order chi connectivity index (χ0) is 21.9. The Labute approximate surface area is 293 Å². The number of anilines is 1. The number of ketones is 1. The molecule has 0 fully saturated rings. The normalized spacial score (nSPS) is 9.77. The summed E-state index contributed by atoms with van der Waals surface area (Å²) >= 11 is 0. The number of pyridine rings is 1. The summed E-state index contributed by atoms with van der Waals surface area (Å²) in [7, 11) is 1.41. The van der Waals surface area contributed by atoms with Crippen LogP contribution in [-0.2, 0) is 19.1 Å². The third-order valence-electron chi connectivity index (χ3n) is 2.68. The number of carbonyl (C=O) groups is 4. The number of Topliss-reactive ketones (excluding diaryl/α,β-unsaturated/α-hetero) is 1. The number of hydrogen-bond donors (Lipinski definition) is 0. The number of esters is 1. The van der Waals surface area contributed by atoms with E-state index < -0.39 is 17.7 Å². The Hall–Kier alpha value is 0.674. The molecule has 0 unspecified atom stereocenters. The molecule has 1 rings (SSSR count). The molecule has 10 nitrogen and oxygen atoms in total. The number of amides is 1. The number of nitrogens with zero attached hydrogens (tertiary/aromatic N) is 2. The monoisotopic (exact) mass is 660 g/mol. The molecule has 154 valence electrons. The molecule has 30 heavy (non-hydrogen) atoms. The quantitative estimate of drug-likeness (QED) is 0.158. The second-order valence-electron chi connectivity index (χ2n) is 6.32. The van der Waals surface area contributed by atoms with Crippen molar-refractivity contribution < 1.29 is 177 Å². The number of methoxy groups -OCH3 is 1. The van der Waals surface area contributed by atoms with Crippen molar-refractivity contribution in [1.29, 1.82) is 0 Å². The van der Waals surface area contributed by atoms with E-state index in [0.29, 0.717) is 17.8 Å². The van der Waals surface area contributed by atoms with E-state index in [1.165, 1.54) is 31.1 Å². The summed E-state index contributed by atoms with van der Waals surface area (Å²) in [4.78, 5) is 47.8. The maximum atomic E-state index is 11.7. The van der Waals surface area contributed by atoms with E-state index in [1.807, 2.05) is 0 Å². The average molecular weight is 660 g/mol. The standard InChI is InChI=1S/C17H22N2O5.CH2O3.2Cs/c1-12(21)10-19(11-20)14-8-6-13(18-16(14)23-5)7-9-15(22)24-17(2,3)4;2-1(3)4;;/h6-9,11H,10H2,1-5H3;(H2,2,3,4);;/q;;2*+1/p-2. The van der Waals surface area contributed by atoms with Crippen molar-refractivity contribution in [3.63, 3.8) is 0 Å². The molecule has 1 heterocycles. The molecular weight excluding hydrogens is 638 g/mol. The first-order chi connectivity index (χ1) is 12.9. The smallest absolute Gasteiger partial charge is 0.652 e. The van der Waals surface area contributed by atoms with E-state index in [1.54, 1.807) is 32.9 Å². The zero-order valence-corrected chi connectivity index (χ0v) is 30.8. The fourth-order valence-electron chi connectivity index (χ4n) is 1.82. The van der Waals surface area contributed by atoms with Crippen molar-refractivity contribution in [2.24, 2.45) is 0 Å². The molecule has 0 radical (unpaired) electrons. The molecule has 0 aliphatic rings. The van der Waals surface area contributed by atoms with Crippen LogP contribution in [0.2, 0.25) is 0 Å². The Morgan fingerprint density at radius 1 is 1.17 bits per heavy atom. The predicted molar refractivity (Wildman–Crippen MR) is 95.2 cm³/mol. The van der Waals surface area contributed by atoms with Crippen LogP contribution in [-0.4, -0.2) is 48.6 Å². The van der Waals surface area contributed by atoms with Gasteiger partial charge in [-0.15, -0.1) is 0 Å². The minimum absolute atomic E-state index is 0. The van der Waals surface area contributed by atoms with Crippen LogP contribution >= 0.6 is 0 Å². The van der Waals surface area contributed by atoms with Gasteiger partial charge in [0.05, 0.1) is 19.3 Å². The second kappa shape index (κ2) is 18.1. The first-order valence-corrected chi connectivity index (χ1v) is 7.95. The first-order valence-electron chi connectivity index (χ1n) is 7.95. The van der Waals surface area contributed by atoms with Gasteiger partial charge in [-0.05, 0) is 52.1 Å². The summed E-state index contributed by atoms with van der Waals surface area (Å²) < 4.78 is 10.3. The summed E-state index contributed by atoms with van der Waals surface area (Å²) in [6.07, 6.45) is 0.952. The van der Waals surface area contributed by atoms with Gasteiger partial charge in [0.15, 0.2) is 0 Å². The van der Waals surface area contributed by atoms with Crippen LogP contribution in [0.3, 0.4) is 0 Å². The number of carboxylic acid groups (broad SMARTS) is 2. The van der Waals surface area contributed by atoms with Gasteiger partial charge in [-0.3, -0.25) is 9.59 Å². The summed E-state index contributed by atoms with van der Waals surface area (Å²) in [5.74, 6) is -0.480. The average Bonchev–Trinajstić information content (AvgIpc) is 2.55. The van der Waals surface area contributed by atoms with Gasteiger partial charge in [-0.25, -0.2) is 9.78 Å². The topological polar surface area (TPSA) is 149 Å². The molecule has 0 aromatic carbocycles. The van der Waals surface area contributed by atoms with Gasteiger partial charge in [0.1, 0.15) is 17.1 Å². The van der Waals surface area contributed by atoms with Crippen molar-refractivity contribution in [2.75, 3.05) is 18.6 Å². The first kappa shape index (κ1) is 35.3. The van der Waals surface area contributed by atoms with Gasteiger partial charge >= 0.3 is 144 Å². The number of rotatable bonds is 7. The largest absolute Gasteiger partial charge is 1.00 e. The molecule has 1 amide bonds. The molecule has 1 aromatic heterocycles. The third-order valence-corrected chi connectivity index (χ3v) is 2.68. The Morgan fingerprint density at radius 3 is 2.10 bits per heavy atom. The zero-order valence-electron chi connectivity index (χ0n) is 18.3. The van der Waals surface area contributed by atoms with Crippen LogP contribution in [0.5, 0.6) is 5.88 Å². The molecule has 0 saturated carbocycles. The summed E-state index contributed by atoms with van der Waals surface area (Å²) in [5, 5.41) is 16.7. The molecule has 0 N–H and O–H groups in total. The minimum Gasteiger partial charge on any atom is -0.652 e. The molecule has 12 heteroatoms. The van der Waals surface area contributed by atoms with Gasteiger partial charge in [0, 0.05) is 6.08 Å². The number of ether oxygens (including phenoxy) is 2. The van der Waals surface area contributed by atoms with Crippen molar-refractivity contribution in [2.45, 2.75) is 33.3 Å². The second-order valence-corrected chi connectivity index (χ2v) is 6.32. The van der Waals surface area contributed by atoms with E-state index in [4.69, 9.17) is 24.5 Å². The van der Waals surface area contributed by atoms with E-state index in [2.05, 4.69) is 4.98 Å². The molecule has 0 spiro atoms. The summed E-state index contributed by atoms with van der Waals surface area (Å²) in [6.45, 7) is 6.64. The molecule has 1 aromatic rings. The SMILES string of the molecule is COc1nc(C=CC(=O)OC(C)(C)C)ccc1N(C=O)CC(C)=O.O=C([O-])[O-].[Cs+].[Cs+]. The fraction of sp³-hybridized carbons (Fsp3) is 0.389. The fourth-order valence-corrected chi connectivity index (χ4v) is 1.82. The maximum Gasteiger partial charge on any atom is 1.00 e. The Bertz CT molecular complexity index is 744. The molecule has 0 saturated heterocycles. The van der Waals surface area contributed by atoms with Crippen LogP contribution < -0.4 is 158 Å². The molecule has 0 aliphatic carbocycles. The molecule has 0 bridgehead atoms. The van der Waals surface area contributed by atoms with Crippen LogP contribution in [0.25, 0.3) is 6.08 Å².